The Bertz CT molecular complexity index is 182. The third-order valence-corrected chi connectivity index (χ3v) is 2.52. The number of amides is 1. The second-order valence-electron chi connectivity index (χ2n) is 4.26. The summed E-state index contributed by atoms with van der Waals surface area (Å²) in [4.78, 5) is 11.4. The van der Waals surface area contributed by atoms with Crippen molar-refractivity contribution in [1.29, 1.82) is 0 Å². The fraction of sp³-hybridized carbons (Fsp3) is 0.900. The third kappa shape index (κ3) is 3.64. The molecule has 0 aromatic carbocycles. The first-order valence-electron chi connectivity index (χ1n) is 5.15. The van der Waals surface area contributed by atoms with E-state index in [1.807, 2.05) is 6.92 Å². The van der Waals surface area contributed by atoms with E-state index in [4.69, 9.17) is 10.5 Å². The summed E-state index contributed by atoms with van der Waals surface area (Å²) in [7, 11) is 1.65. The maximum atomic E-state index is 11.4. The number of carbonyl (C=O) groups excluding carboxylic acids is 1. The Morgan fingerprint density at radius 2 is 2.29 bits per heavy atom. The summed E-state index contributed by atoms with van der Waals surface area (Å²) in [6, 6.07) is 0.601. The molecule has 1 rings (SSSR count). The van der Waals surface area contributed by atoms with Gasteiger partial charge in [-0.15, -0.1) is 0 Å². The van der Waals surface area contributed by atoms with Gasteiger partial charge in [-0.05, 0) is 18.8 Å². The lowest BCUT2D eigenvalue weighted by molar-refractivity contribution is -0.123. The van der Waals surface area contributed by atoms with Crippen molar-refractivity contribution in [2.24, 2.45) is 11.7 Å². The van der Waals surface area contributed by atoms with Gasteiger partial charge in [0, 0.05) is 32.2 Å². The van der Waals surface area contributed by atoms with E-state index in [1.54, 1.807) is 7.11 Å². The molecule has 0 aliphatic heterocycles. The number of nitrogens with two attached hydrogens (primary N) is 1. The van der Waals surface area contributed by atoms with E-state index in [-0.39, 0.29) is 17.9 Å². The summed E-state index contributed by atoms with van der Waals surface area (Å²) in [6.45, 7) is 2.65. The fourth-order valence-electron chi connectivity index (χ4n) is 1.73. The zero-order chi connectivity index (χ0) is 10.6. The van der Waals surface area contributed by atoms with Gasteiger partial charge in [-0.25, -0.2) is 0 Å². The molecule has 1 saturated carbocycles. The molecule has 1 aliphatic rings. The molecule has 0 bridgehead atoms. The van der Waals surface area contributed by atoms with Crippen LogP contribution < -0.4 is 11.1 Å². The first kappa shape index (κ1) is 11.5. The standard InChI is InChI=1S/C10H20N2O2/c1-7(6-14-2)3-10(13)12-9-4-8(11)5-9/h7-9H,3-6,11H2,1-2H3,(H,12,13). The smallest absolute Gasteiger partial charge is 0.220 e. The molecule has 3 N–H and O–H groups in total. The molecule has 1 aliphatic carbocycles. The van der Waals surface area contributed by atoms with Crippen LogP contribution in [0.1, 0.15) is 26.2 Å². The highest BCUT2D eigenvalue weighted by Crippen LogP contribution is 2.17. The highest BCUT2D eigenvalue weighted by molar-refractivity contribution is 5.76. The molecule has 0 heterocycles. The lowest BCUT2D eigenvalue weighted by atomic mass is 9.87. The quantitative estimate of drug-likeness (QED) is 0.669. The van der Waals surface area contributed by atoms with Crippen molar-refractivity contribution in [3.63, 3.8) is 0 Å². The largest absolute Gasteiger partial charge is 0.384 e. The van der Waals surface area contributed by atoms with Gasteiger partial charge in [0.25, 0.3) is 0 Å². The van der Waals surface area contributed by atoms with E-state index >= 15 is 0 Å². The van der Waals surface area contributed by atoms with Crippen molar-refractivity contribution in [2.75, 3.05) is 13.7 Å². The predicted octanol–water partition coefficient (Wildman–Crippen LogP) is 0.265. The van der Waals surface area contributed by atoms with Crippen LogP contribution in [0.5, 0.6) is 0 Å². The van der Waals surface area contributed by atoms with Gasteiger partial charge >= 0.3 is 0 Å². The summed E-state index contributed by atoms with van der Waals surface area (Å²) in [5, 5.41) is 2.96. The molecule has 0 saturated heterocycles. The van der Waals surface area contributed by atoms with Crippen LogP contribution in [-0.2, 0) is 9.53 Å². The molecule has 0 spiro atoms. The number of carbonyl (C=O) groups is 1. The molecule has 0 aromatic rings. The number of methoxy groups -OCH3 is 1. The Morgan fingerprint density at radius 3 is 2.79 bits per heavy atom. The van der Waals surface area contributed by atoms with Crippen molar-refractivity contribution in [1.82, 2.24) is 5.32 Å². The van der Waals surface area contributed by atoms with Gasteiger partial charge in [0.05, 0.1) is 0 Å². The van der Waals surface area contributed by atoms with E-state index in [0.717, 1.165) is 12.8 Å². The van der Waals surface area contributed by atoms with Crippen molar-refractivity contribution < 1.29 is 9.53 Å². The summed E-state index contributed by atoms with van der Waals surface area (Å²) in [5.74, 6) is 0.403. The van der Waals surface area contributed by atoms with E-state index in [9.17, 15) is 4.79 Å². The van der Waals surface area contributed by atoms with Gasteiger partial charge in [-0.1, -0.05) is 6.92 Å². The maximum Gasteiger partial charge on any atom is 0.220 e. The zero-order valence-corrected chi connectivity index (χ0v) is 8.95. The van der Waals surface area contributed by atoms with Gasteiger partial charge in [0.1, 0.15) is 0 Å². The highest BCUT2D eigenvalue weighted by atomic mass is 16.5. The number of nitrogens with one attached hydrogen (secondary N) is 1. The minimum atomic E-state index is 0.117. The van der Waals surface area contributed by atoms with Crippen LogP contribution in [0.4, 0.5) is 0 Å². The first-order valence-corrected chi connectivity index (χ1v) is 5.15. The van der Waals surface area contributed by atoms with Gasteiger partial charge in [0.15, 0.2) is 0 Å². The molecule has 0 radical (unpaired) electrons. The van der Waals surface area contributed by atoms with Gasteiger partial charge in [0.2, 0.25) is 5.91 Å². The monoisotopic (exact) mass is 200 g/mol. The Labute approximate surface area is 85.2 Å². The Balaban J connectivity index is 2.09. The van der Waals surface area contributed by atoms with Crippen molar-refractivity contribution in [2.45, 2.75) is 38.3 Å². The van der Waals surface area contributed by atoms with Crippen LogP contribution in [0, 0.1) is 5.92 Å². The molecule has 1 atom stereocenters. The molecular weight excluding hydrogens is 180 g/mol. The van der Waals surface area contributed by atoms with Gasteiger partial charge in [-0.3, -0.25) is 4.79 Å². The van der Waals surface area contributed by atoms with Crippen LogP contribution in [0.15, 0.2) is 0 Å². The fourth-order valence-corrected chi connectivity index (χ4v) is 1.73. The molecule has 0 aromatic heterocycles. The van der Waals surface area contributed by atoms with Crippen LogP contribution in [0.25, 0.3) is 0 Å². The summed E-state index contributed by atoms with van der Waals surface area (Å²) in [6.07, 6.45) is 2.38. The Morgan fingerprint density at radius 1 is 1.64 bits per heavy atom. The minimum absolute atomic E-state index is 0.117. The zero-order valence-electron chi connectivity index (χ0n) is 8.95. The first-order chi connectivity index (χ1) is 6.61. The Hall–Kier alpha value is -0.610. The van der Waals surface area contributed by atoms with Crippen molar-refractivity contribution in [3.8, 4) is 0 Å². The average molecular weight is 200 g/mol. The average Bonchev–Trinajstić information content (AvgIpc) is 2.01. The number of hydrogen-bond acceptors (Lipinski definition) is 3. The highest BCUT2D eigenvalue weighted by Gasteiger charge is 2.27. The lowest BCUT2D eigenvalue weighted by Gasteiger charge is -2.33. The normalized spacial score (nSPS) is 27.9. The van der Waals surface area contributed by atoms with Crippen molar-refractivity contribution in [3.05, 3.63) is 0 Å². The minimum Gasteiger partial charge on any atom is -0.384 e. The van der Waals surface area contributed by atoms with Gasteiger partial charge in [-0.2, -0.15) is 0 Å². The van der Waals surface area contributed by atoms with Crippen LogP contribution in [-0.4, -0.2) is 31.7 Å². The van der Waals surface area contributed by atoms with Gasteiger partial charge < -0.3 is 15.8 Å². The molecule has 4 nitrogen and oxygen atoms in total. The summed E-state index contributed by atoms with van der Waals surface area (Å²) >= 11 is 0. The molecule has 82 valence electrons. The molecule has 1 amide bonds. The molecular formula is C10H20N2O2. The summed E-state index contributed by atoms with van der Waals surface area (Å²) in [5.41, 5.74) is 5.62. The Kier molecular flexibility index (Phi) is 4.35. The predicted molar refractivity (Wildman–Crippen MR) is 54.8 cm³/mol. The topological polar surface area (TPSA) is 64.3 Å². The van der Waals surface area contributed by atoms with E-state index in [1.165, 1.54) is 0 Å². The molecule has 1 unspecified atom stereocenters. The van der Waals surface area contributed by atoms with E-state index in [2.05, 4.69) is 5.32 Å². The van der Waals surface area contributed by atoms with Crippen LogP contribution in [0.2, 0.25) is 0 Å². The summed E-state index contributed by atoms with van der Waals surface area (Å²) < 4.78 is 4.97. The van der Waals surface area contributed by atoms with E-state index in [0.29, 0.717) is 19.1 Å². The third-order valence-electron chi connectivity index (χ3n) is 2.52. The SMILES string of the molecule is COCC(C)CC(=O)NC1CC(N)C1. The lowest BCUT2D eigenvalue weighted by Crippen LogP contribution is -2.50. The second-order valence-corrected chi connectivity index (χ2v) is 4.26. The number of hydrogen-bond donors (Lipinski definition) is 2. The van der Waals surface area contributed by atoms with Crippen LogP contribution in [0.3, 0.4) is 0 Å². The van der Waals surface area contributed by atoms with Crippen molar-refractivity contribution >= 4 is 5.91 Å². The second kappa shape index (κ2) is 5.32. The molecule has 14 heavy (non-hydrogen) atoms. The maximum absolute atomic E-state index is 11.4. The molecule has 1 fully saturated rings. The van der Waals surface area contributed by atoms with E-state index < -0.39 is 0 Å². The molecule has 4 heteroatoms. The van der Waals surface area contributed by atoms with Crippen LogP contribution >= 0.6 is 0 Å². The number of rotatable bonds is 5. The number of ether oxygens (including phenoxy) is 1.